The maximum Gasteiger partial charge on any atom is 0.308 e. The van der Waals surface area contributed by atoms with E-state index in [1.807, 2.05) is 13.8 Å². The predicted molar refractivity (Wildman–Crippen MR) is 85.9 cm³/mol. The topological polar surface area (TPSA) is 57.6 Å². The van der Waals surface area contributed by atoms with Crippen LogP contribution >= 0.6 is 0 Å². The fourth-order valence-corrected chi connectivity index (χ4v) is 2.96. The standard InChI is InChI=1S/C18H25NO3/c1-11-7-12(2)16(13(3)8-11)9-17(20)19(15-5-6-15)10-14(4)18(21)22/h7-8,14-15H,5-6,9-10H2,1-4H3,(H,21,22). The maximum absolute atomic E-state index is 12.7. The van der Waals surface area contributed by atoms with Gasteiger partial charge in [-0.3, -0.25) is 9.59 Å². The van der Waals surface area contributed by atoms with E-state index >= 15 is 0 Å². The molecule has 4 nitrogen and oxygen atoms in total. The molecule has 0 aliphatic heterocycles. The number of amides is 1. The number of aliphatic carboxylic acids is 1. The Bertz CT molecular complexity index is 567. The fourth-order valence-electron chi connectivity index (χ4n) is 2.96. The number of benzene rings is 1. The Kier molecular flexibility index (Phi) is 4.89. The van der Waals surface area contributed by atoms with Gasteiger partial charge in [-0.25, -0.2) is 0 Å². The van der Waals surface area contributed by atoms with Gasteiger partial charge < -0.3 is 10.0 Å². The van der Waals surface area contributed by atoms with Gasteiger partial charge in [-0.2, -0.15) is 0 Å². The van der Waals surface area contributed by atoms with Gasteiger partial charge in [0.1, 0.15) is 0 Å². The summed E-state index contributed by atoms with van der Waals surface area (Å²) in [4.78, 5) is 25.5. The van der Waals surface area contributed by atoms with Crippen molar-refractivity contribution in [3.05, 3.63) is 34.4 Å². The molecule has 1 aromatic rings. The number of carboxylic acids is 1. The lowest BCUT2D eigenvalue weighted by Gasteiger charge is -2.25. The Morgan fingerprint density at radius 3 is 2.23 bits per heavy atom. The van der Waals surface area contributed by atoms with Gasteiger partial charge in [0.2, 0.25) is 5.91 Å². The second-order valence-corrected chi connectivity index (χ2v) is 6.57. The van der Waals surface area contributed by atoms with Crippen LogP contribution in [0, 0.1) is 26.7 Å². The monoisotopic (exact) mass is 303 g/mol. The molecule has 4 heteroatoms. The van der Waals surface area contributed by atoms with Crippen molar-refractivity contribution in [1.82, 2.24) is 4.90 Å². The molecule has 1 aliphatic carbocycles. The largest absolute Gasteiger partial charge is 0.481 e. The van der Waals surface area contributed by atoms with Gasteiger partial charge in [-0.15, -0.1) is 0 Å². The van der Waals surface area contributed by atoms with Crippen molar-refractivity contribution in [3.63, 3.8) is 0 Å². The zero-order chi connectivity index (χ0) is 16.4. The van der Waals surface area contributed by atoms with E-state index in [4.69, 9.17) is 5.11 Å². The van der Waals surface area contributed by atoms with Gasteiger partial charge in [0.05, 0.1) is 12.3 Å². The third kappa shape index (κ3) is 3.87. The van der Waals surface area contributed by atoms with Crippen LogP contribution in [0.1, 0.15) is 42.0 Å². The summed E-state index contributed by atoms with van der Waals surface area (Å²) in [7, 11) is 0. The van der Waals surface area contributed by atoms with Crippen LogP contribution in [0.4, 0.5) is 0 Å². The third-order valence-corrected chi connectivity index (χ3v) is 4.37. The molecule has 0 heterocycles. The van der Waals surface area contributed by atoms with Crippen LogP contribution in [0.2, 0.25) is 0 Å². The van der Waals surface area contributed by atoms with E-state index < -0.39 is 11.9 Å². The minimum Gasteiger partial charge on any atom is -0.481 e. The summed E-state index contributed by atoms with van der Waals surface area (Å²) in [6, 6.07) is 4.42. The Morgan fingerprint density at radius 1 is 1.23 bits per heavy atom. The fraction of sp³-hybridized carbons (Fsp3) is 0.556. The molecule has 1 fully saturated rings. The third-order valence-electron chi connectivity index (χ3n) is 4.37. The molecule has 0 radical (unpaired) electrons. The Balaban J connectivity index is 2.13. The van der Waals surface area contributed by atoms with Gasteiger partial charge in [0, 0.05) is 12.6 Å². The summed E-state index contributed by atoms with van der Waals surface area (Å²) in [6.45, 7) is 8.08. The van der Waals surface area contributed by atoms with Crippen LogP contribution in [-0.4, -0.2) is 34.5 Å². The predicted octanol–water partition coefficient (Wildman–Crippen LogP) is 2.87. The highest BCUT2D eigenvalue weighted by molar-refractivity contribution is 5.81. The average Bonchev–Trinajstić information content (AvgIpc) is 3.23. The lowest BCUT2D eigenvalue weighted by molar-refractivity contribution is -0.143. The number of rotatable bonds is 6. The summed E-state index contributed by atoms with van der Waals surface area (Å²) < 4.78 is 0. The minimum absolute atomic E-state index is 0.0469. The first-order valence-corrected chi connectivity index (χ1v) is 7.88. The number of hydrogen-bond donors (Lipinski definition) is 1. The molecule has 1 atom stereocenters. The van der Waals surface area contributed by atoms with Crippen molar-refractivity contribution in [3.8, 4) is 0 Å². The van der Waals surface area contributed by atoms with Crippen LogP contribution in [-0.2, 0) is 16.0 Å². The molecule has 1 saturated carbocycles. The second-order valence-electron chi connectivity index (χ2n) is 6.57. The normalized spacial score (nSPS) is 15.5. The van der Waals surface area contributed by atoms with Crippen LogP contribution < -0.4 is 0 Å². The summed E-state index contributed by atoms with van der Waals surface area (Å²) >= 11 is 0. The molecule has 22 heavy (non-hydrogen) atoms. The number of carbonyl (C=O) groups is 2. The van der Waals surface area contributed by atoms with E-state index in [9.17, 15) is 9.59 Å². The Labute approximate surface area is 132 Å². The zero-order valence-corrected chi connectivity index (χ0v) is 13.8. The zero-order valence-electron chi connectivity index (χ0n) is 13.8. The molecular formula is C18H25NO3. The molecule has 1 N–H and O–H groups in total. The second kappa shape index (κ2) is 6.51. The highest BCUT2D eigenvalue weighted by Crippen LogP contribution is 2.29. The molecule has 0 saturated heterocycles. The van der Waals surface area contributed by atoms with Crippen LogP contribution in [0.15, 0.2) is 12.1 Å². The molecule has 120 valence electrons. The first-order valence-electron chi connectivity index (χ1n) is 7.88. The number of carboxylic acid groups (broad SMARTS) is 1. The molecule has 1 aromatic carbocycles. The van der Waals surface area contributed by atoms with Crippen LogP contribution in [0.25, 0.3) is 0 Å². The molecule has 0 spiro atoms. The lowest BCUT2D eigenvalue weighted by atomic mass is 9.96. The average molecular weight is 303 g/mol. The molecule has 1 amide bonds. The van der Waals surface area contributed by atoms with Crippen molar-refractivity contribution in [2.45, 2.75) is 53.0 Å². The van der Waals surface area contributed by atoms with Crippen molar-refractivity contribution >= 4 is 11.9 Å². The smallest absolute Gasteiger partial charge is 0.308 e. The Hall–Kier alpha value is -1.84. The number of carbonyl (C=O) groups excluding carboxylic acids is 1. The quantitative estimate of drug-likeness (QED) is 0.879. The molecule has 0 aromatic heterocycles. The van der Waals surface area contributed by atoms with Crippen LogP contribution in [0.5, 0.6) is 0 Å². The molecule has 0 bridgehead atoms. The Morgan fingerprint density at radius 2 is 1.77 bits per heavy atom. The van der Waals surface area contributed by atoms with E-state index in [2.05, 4.69) is 19.1 Å². The van der Waals surface area contributed by atoms with E-state index in [0.29, 0.717) is 13.0 Å². The van der Waals surface area contributed by atoms with E-state index in [1.165, 1.54) is 5.56 Å². The van der Waals surface area contributed by atoms with Crippen molar-refractivity contribution in [1.29, 1.82) is 0 Å². The molecular weight excluding hydrogens is 278 g/mol. The van der Waals surface area contributed by atoms with Gasteiger partial charge in [-0.05, 0) is 50.3 Å². The van der Waals surface area contributed by atoms with Crippen molar-refractivity contribution < 1.29 is 14.7 Å². The molecule has 2 rings (SSSR count). The van der Waals surface area contributed by atoms with Gasteiger partial charge >= 0.3 is 5.97 Å². The van der Waals surface area contributed by atoms with Gasteiger partial charge in [0.25, 0.3) is 0 Å². The van der Waals surface area contributed by atoms with Gasteiger partial charge in [0.15, 0.2) is 0 Å². The molecule has 1 aliphatic rings. The molecule has 1 unspecified atom stereocenters. The van der Waals surface area contributed by atoms with Crippen LogP contribution in [0.3, 0.4) is 0 Å². The minimum atomic E-state index is -0.846. The highest BCUT2D eigenvalue weighted by atomic mass is 16.4. The van der Waals surface area contributed by atoms with Crippen molar-refractivity contribution in [2.75, 3.05) is 6.54 Å². The van der Waals surface area contributed by atoms with E-state index in [-0.39, 0.29) is 11.9 Å². The summed E-state index contributed by atoms with van der Waals surface area (Å²) in [5.74, 6) is -1.32. The van der Waals surface area contributed by atoms with Gasteiger partial charge in [-0.1, -0.05) is 24.6 Å². The van der Waals surface area contributed by atoms with E-state index in [0.717, 1.165) is 29.5 Å². The van der Waals surface area contributed by atoms with E-state index in [1.54, 1.807) is 11.8 Å². The first kappa shape index (κ1) is 16.5. The lowest BCUT2D eigenvalue weighted by Crippen LogP contribution is -2.39. The highest BCUT2D eigenvalue weighted by Gasteiger charge is 2.34. The summed E-state index contributed by atoms with van der Waals surface area (Å²) in [5, 5.41) is 9.09. The summed E-state index contributed by atoms with van der Waals surface area (Å²) in [6.07, 6.45) is 2.34. The van der Waals surface area contributed by atoms with Crippen molar-refractivity contribution in [2.24, 2.45) is 5.92 Å². The number of nitrogens with zero attached hydrogens (tertiary/aromatic N) is 1. The SMILES string of the molecule is Cc1cc(C)c(CC(=O)N(CC(C)C(=O)O)C2CC2)c(C)c1. The number of hydrogen-bond acceptors (Lipinski definition) is 2. The summed E-state index contributed by atoms with van der Waals surface area (Å²) in [5.41, 5.74) is 4.54. The maximum atomic E-state index is 12.7. The first-order chi connectivity index (χ1) is 10.3. The number of aryl methyl sites for hydroxylation is 3.